The molecule has 0 saturated carbocycles. The number of hydrogen-bond acceptors (Lipinski definition) is 4. The van der Waals surface area contributed by atoms with Crippen LogP contribution in [0.4, 0.5) is 0 Å². The van der Waals surface area contributed by atoms with Gasteiger partial charge in [0.2, 0.25) is 0 Å². The number of hydrogen-bond donors (Lipinski definition) is 2. The number of rotatable bonds is 2. The van der Waals surface area contributed by atoms with Gasteiger partial charge >= 0.3 is 0 Å². The van der Waals surface area contributed by atoms with Crippen molar-refractivity contribution in [2.24, 2.45) is 5.73 Å². The number of aromatic amines is 1. The quantitative estimate of drug-likeness (QED) is 0.596. The van der Waals surface area contributed by atoms with Crippen LogP contribution in [0.3, 0.4) is 0 Å². The third-order valence-corrected chi connectivity index (χ3v) is 4.04. The Kier molecular flexibility index (Phi) is 3.13. The van der Waals surface area contributed by atoms with Crippen molar-refractivity contribution in [1.29, 1.82) is 0 Å². The van der Waals surface area contributed by atoms with Gasteiger partial charge in [-0.1, -0.05) is 30.3 Å². The number of H-pyrrole nitrogens is 1. The lowest BCUT2D eigenvalue weighted by molar-refractivity contribution is 0.900. The molecular weight excluding hydrogens is 288 g/mol. The maximum Gasteiger partial charge on any atom is 0.272 e. The number of nitrogens with zero attached hydrogens (tertiary/aromatic N) is 2. The lowest BCUT2D eigenvalue weighted by Crippen LogP contribution is -2.13. The van der Waals surface area contributed by atoms with Crippen LogP contribution in [0.2, 0.25) is 0 Å². The molecule has 5 nitrogen and oxygen atoms in total. The van der Waals surface area contributed by atoms with Crippen LogP contribution >= 0.6 is 0 Å². The van der Waals surface area contributed by atoms with Crippen LogP contribution in [-0.4, -0.2) is 15.2 Å². The van der Waals surface area contributed by atoms with Crippen LogP contribution in [-0.2, 0) is 6.54 Å². The highest BCUT2D eigenvalue weighted by Crippen LogP contribution is 2.29. The normalized spacial score (nSPS) is 11.2. The second-order valence-corrected chi connectivity index (χ2v) is 5.37. The predicted molar refractivity (Wildman–Crippen MR) is 91.0 cm³/mol. The molecule has 4 rings (SSSR count). The van der Waals surface area contributed by atoms with E-state index >= 15 is 0 Å². The van der Waals surface area contributed by atoms with Crippen molar-refractivity contribution >= 4 is 21.5 Å². The fourth-order valence-corrected chi connectivity index (χ4v) is 2.89. The van der Waals surface area contributed by atoms with Crippen molar-refractivity contribution in [3.8, 4) is 11.1 Å². The van der Waals surface area contributed by atoms with Crippen molar-refractivity contribution in [1.82, 2.24) is 15.2 Å². The van der Waals surface area contributed by atoms with Crippen LogP contribution in [0.25, 0.3) is 32.7 Å². The van der Waals surface area contributed by atoms with E-state index in [2.05, 4.69) is 21.2 Å². The zero-order valence-corrected chi connectivity index (χ0v) is 12.3. The molecule has 0 aliphatic heterocycles. The monoisotopic (exact) mass is 302 g/mol. The average molecular weight is 302 g/mol. The van der Waals surface area contributed by atoms with Gasteiger partial charge in [0, 0.05) is 35.3 Å². The Hall–Kier alpha value is -3.05. The summed E-state index contributed by atoms with van der Waals surface area (Å²) in [5.41, 5.74) is 8.23. The Bertz CT molecular complexity index is 1080. The van der Waals surface area contributed by atoms with E-state index in [1.807, 2.05) is 48.8 Å². The van der Waals surface area contributed by atoms with Crippen molar-refractivity contribution in [2.75, 3.05) is 0 Å². The maximum atomic E-state index is 11.9. The standard InChI is InChI=1S/C18H14N4O/c19-8-17-15-7-11(5-6-14(15)18(23)22-21-17)16-10-20-9-12-3-1-2-4-13(12)16/h1-7,9-10H,8,19H2,(H,22,23). The van der Waals surface area contributed by atoms with Crippen LogP contribution in [0.5, 0.6) is 0 Å². The lowest BCUT2D eigenvalue weighted by atomic mass is 9.98. The Morgan fingerprint density at radius 2 is 1.87 bits per heavy atom. The van der Waals surface area contributed by atoms with Gasteiger partial charge in [-0.25, -0.2) is 5.10 Å². The van der Waals surface area contributed by atoms with E-state index in [4.69, 9.17) is 5.73 Å². The molecule has 0 unspecified atom stereocenters. The van der Waals surface area contributed by atoms with E-state index in [9.17, 15) is 4.79 Å². The SMILES string of the molecule is NCc1n[nH]c(=O)c2ccc(-c3cncc4ccccc34)cc12. The Morgan fingerprint density at radius 3 is 2.74 bits per heavy atom. The zero-order valence-electron chi connectivity index (χ0n) is 12.3. The molecule has 2 aromatic heterocycles. The summed E-state index contributed by atoms with van der Waals surface area (Å²) >= 11 is 0. The average Bonchev–Trinajstić information content (AvgIpc) is 2.61. The molecule has 4 aromatic rings. The van der Waals surface area contributed by atoms with Gasteiger partial charge in [-0.15, -0.1) is 0 Å². The number of fused-ring (bicyclic) bond motifs is 2. The molecule has 5 heteroatoms. The molecule has 0 amide bonds. The van der Waals surface area contributed by atoms with Crippen LogP contribution in [0, 0.1) is 0 Å². The van der Waals surface area contributed by atoms with Gasteiger partial charge in [-0.2, -0.15) is 5.10 Å². The van der Waals surface area contributed by atoms with Gasteiger partial charge in [0.05, 0.1) is 11.1 Å². The summed E-state index contributed by atoms with van der Waals surface area (Å²) in [7, 11) is 0. The first-order valence-corrected chi connectivity index (χ1v) is 7.32. The van der Waals surface area contributed by atoms with E-state index in [0.717, 1.165) is 27.3 Å². The highest BCUT2D eigenvalue weighted by atomic mass is 16.1. The molecule has 0 fully saturated rings. The van der Waals surface area contributed by atoms with E-state index in [0.29, 0.717) is 11.1 Å². The van der Waals surface area contributed by atoms with Crippen molar-refractivity contribution in [3.63, 3.8) is 0 Å². The highest BCUT2D eigenvalue weighted by molar-refractivity contribution is 5.98. The number of pyridine rings is 1. The summed E-state index contributed by atoms with van der Waals surface area (Å²) in [6.45, 7) is 0.268. The summed E-state index contributed by atoms with van der Waals surface area (Å²) in [6, 6.07) is 13.8. The molecule has 0 radical (unpaired) electrons. The molecule has 0 atom stereocenters. The molecule has 0 aliphatic rings. The Labute approximate surface area is 131 Å². The molecule has 112 valence electrons. The summed E-state index contributed by atoms with van der Waals surface area (Å²) in [6.07, 6.45) is 3.68. The van der Waals surface area contributed by atoms with Crippen LogP contribution in [0.1, 0.15) is 5.69 Å². The second kappa shape index (κ2) is 5.30. The third kappa shape index (κ3) is 2.18. The Balaban J connectivity index is 2.04. The fourth-order valence-electron chi connectivity index (χ4n) is 2.89. The molecule has 0 saturated heterocycles. The van der Waals surface area contributed by atoms with Gasteiger partial charge in [0.1, 0.15) is 0 Å². The minimum absolute atomic E-state index is 0.209. The highest BCUT2D eigenvalue weighted by Gasteiger charge is 2.09. The van der Waals surface area contributed by atoms with Gasteiger partial charge in [0.25, 0.3) is 5.56 Å². The summed E-state index contributed by atoms with van der Waals surface area (Å²) in [4.78, 5) is 16.3. The van der Waals surface area contributed by atoms with E-state index < -0.39 is 0 Å². The van der Waals surface area contributed by atoms with Crippen LogP contribution < -0.4 is 11.3 Å². The first kappa shape index (κ1) is 13.6. The largest absolute Gasteiger partial charge is 0.325 e. The first-order valence-electron chi connectivity index (χ1n) is 7.32. The first-order chi connectivity index (χ1) is 11.3. The molecule has 0 aliphatic carbocycles. The smallest absolute Gasteiger partial charge is 0.272 e. The van der Waals surface area contributed by atoms with Crippen molar-refractivity contribution in [2.45, 2.75) is 6.54 Å². The van der Waals surface area contributed by atoms with Crippen molar-refractivity contribution in [3.05, 3.63) is 70.9 Å². The van der Waals surface area contributed by atoms with Crippen molar-refractivity contribution < 1.29 is 0 Å². The van der Waals surface area contributed by atoms with Gasteiger partial charge in [-0.05, 0) is 23.1 Å². The second-order valence-electron chi connectivity index (χ2n) is 5.37. The van der Waals surface area contributed by atoms with E-state index in [1.165, 1.54) is 0 Å². The lowest BCUT2D eigenvalue weighted by Gasteiger charge is -2.08. The summed E-state index contributed by atoms with van der Waals surface area (Å²) in [5.74, 6) is 0. The minimum atomic E-state index is -0.209. The topological polar surface area (TPSA) is 84.7 Å². The van der Waals surface area contributed by atoms with E-state index in [-0.39, 0.29) is 12.1 Å². The molecule has 2 heterocycles. The molecule has 0 bridgehead atoms. The molecule has 3 N–H and O–H groups in total. The number of nitrogens with two attached hydrogens (primary N) is 1. The zero-order chi connectivity index (χ0) is 15.8. The third-order valence-electron chi connectivity index (χ3n) is 4.04. The van der Waals surface area contributed by atoms with Gasteiger partial charge < -0.3 is 5.73 Å². The number of nitrogens with one attached hydrogen (secondary N) is 1. The Morgan fingerprint density at radius 1 is 1.00 bits per heavy atom. The molecule has 2 aromatic carbocycles. The minimum Gasteiger partial charge on any atom is -0.325 e. The van der Waals surface area contributed by atoms with Crippen LogP contribution in [0.15, 0.2) is 59.7 Å². The number of aromatic nitrogens is 3. The maximum absolute atomic E-state index is 11.9. The molecule has 0 spiro atoms. The van der Waals surface area contributed by atoms with Gasteiger partial charge in [0.15, 0.2) is 0 Å². The summed E-state index contributed by atoms with van der Waals surface area (Å²) in [5, 5.41) is 10.1. The predicted octanol–water partition coefficient (Wildman–Crippen LogP) is 2.60. The van der Waals surface area contributed by atoms with E-state index in [1.54, 1.807) is 0 Å². The molecular formula is C18H14N4O. The van der Waals surface area contributed by atoms with Gasteiger partial charge in [-0.3, -0.25) is 9.78 Å². The fraction of sp³-hybridized carbons (Fsp3) is 0.0556. The number of benzene rings is 2. The summed E-state index contributed by atoms with van der Waals surface area (Å²) < 4.78 is 0. The molecule has 23 heavy (non-hydrogen) atoms.